The summed E-state index contributed by atoms with van der Waals surface area (Å²) in [7, 11) is -3.10. The van der Waals surface area contributed by atoms with Crippen molar-refractivity contribution in [3.05, 3.63) is 98.6 Å². The first-order valence-electron chi connectivity index (χ1n) is 22.6. The van der Waals surface area contributed by atoms with Crippen molar-refractivity contribution < 1.29 is 57.5 Å². The van der Waals surface area contributed by atoms with Gasteiger partial charge in [0, 0.05) is 35.6 Å². The van der Waals surface area contributed by atoms with Gasteiger partial charge in [0.1, 0.15) is 36.0 Å². The average Bonchev–Trinajstić information content (AvgIpc) is 3.59. The molecule has 6 rings (SSSR count). The van der Waals surface area contributed by atoms with Gasteiger partial charge in [-0.3, -0.25) is 33.4 Å². The number of hydrogen-bond acceptors (Lipinski definition) is 11. The zero-order valence-corrected chi connectivity index (χ0v) is 45.0. The Kier molecular flexibility index (Phi) is 25.1. The number of anilines is 3. The Morgan fingerprint density at radius 3 is 2.17 bits per heavy atom. The predicted molar refractivity (Wildman–Crippen MR) is 280 cm³/mol. The molecule has 3 aliphatic rings. The zero-order valence-electron chi connectivity index (χ0n) is 40.3. The Morgan fingerprint density at radius 1 is 0.986 bits per heavy atom. The third-order valence-corrected chi connectivity index (χ3v) is 13.1. The molecule has 0 saturated carbocycles. The van der Waals surface area contributed by atoms with E-state index >= 15 is 0 Å². The van der Waals surface area contributed by atoms with Gasteiger partial charge >= 0.3 is 11.9 Å². The van der Waals surface area contributed by atoms with Gasteiger partial charge in [-0.25, -0.2) is 9.69 Å². The van der Waals surface area contributed by atoms with Gasteiger partial charge in [0.05, 0.1) is 29.7 Å². The first-order chi connectivity index (χ1) is 33.5. The van der Waals surface area contributed by atoms with Crippen LogP contribution in [0, 0.1) is 6.92 Å². The molecule has 16 nitrogen and oxygen atoms in total. The average molecular weight is 1110 g/mol. The monoisotopic (exact) mass is 1100 g/mol. The Balaban J connectivity index is 0.000000262. The largest absolute Gasteiger partial charge is 0.489 e. The van der Waals surface area contributed by atoms with Gasteiger partial charge in [-0.1, -0.05) is 83.7 Å². The molecule has 0 bridgehead atoms. The summed E-state index contributed by atoms with van der Waals surface area (Å²) in [6.45, 7) is 12.2. The fraction of sp³-hybridized carbons (Fsp3) is 0.429. The van der Waals surface area contributed by atoms with E-state index in [1.807, 2.05) is 63.2 Å². The lowest BCUT2D eigenvalue weighted by atomic mass is 9.93. The minimum Gasteiger partial charge on any atom is -0.489 e. The number of imide groups is 1. The van der Waals surface area contributed by atoms with Gasteiger partial charge in [-0.2, -0.15) is 0 Å². The number of amides is 4. The third kappa shape index (κ3) is 17.6. The highest BCUT2D eigenvalue weighted by Gasteiger charge is 2.40. The molecule has 0 saturated heterocycles. The van der Waals surface area contributed by atoms with Crippen molar-refractivity contribution in [3.8, 4) is 5.75 Å². The number of aliphatic carboxylic acids is 1. The van der Waals surface area contributed by atoms with Crippen LogP contribution < -0.4 is 25.2 Å². The van der Waals surface area contributed by atoms with Crippen molar-refractivity contribution in [1.29, 1.82) is 0 Å². The number of para-hydroxylation sites is 3. The Morgan fingerprint density at radius 2 is 1.62 bits per heavy atom. The summed E-state index contributed by atoms with van der Waals surface area (Å²) in [4.78, 5) is 83.0. The summed E-state index contributed by atoms with van der Waals surface area (Å²) in [5.74, 6) is -2.16. The fourth-order valence-electron chi connectivity index (χ4n) is 7.30. The molecule has 0 radical (unpaired) electrons. The summed E-state index contributed by atoms with van der Waals surface area (Å²) in [6, 6.07) is 17.0. The maximum atomic E-state index is 12.7. The first kappa shape index (κ1) is 60.8. The van der Waals surface area contributed by atoms with E-state index in [4.69, 9.17) is 87.9 Å². The predicted octanol–water partition coefficient (Wildman–Crippen LogP) is 9.64. The van der Waals surface area contributed by atoms with Crippen LogP contribution in [-0.2, 0) is 49.2 Å². The molecule has 3 atom stereocenters. The van der Waals surface area contributed by atoms with Gasteiger partial charge in [0.2, 0.25) is 5.91 Å². The van der Waals surface area contributed by atoms with Crippen LogP contribution in [0.25, 0.3) is 6.08 Å². The number of alkyl halides is 3. The highest BCUT2D eigenvalue weighted by atomic mass is 35.5. The quantitative estimate of drug-likeness (QED) is 0.0322. The van der Waals surface area contributed by atoms with E-state index in [9.17, 15) is 33.3 Å². The number of ether oxygens (including phenoxy) is 3. The van der Waals surface area contributed by atoms with Crippen LogP contribution in [0.2, 0.25) is 5.02 Å². The zero-order chi connectivity index (χ0) is 53.2. The van der Waals surface area contributed by atoms with Crippen LogP contribution >= 0.6 is 65.4 Å². The molecule has 22 heteroatoms. The molecular formula is C49H60Cl5N4O12P. The maximum Gasteiger partial charge on any atom is 0.349 e. The summed E-state index contributed by atoms with van der Waals surface area (Å²) in [5, 5.41) is 8.49. The van der Waals surface area contributed by atoms with Gasteiger partial charge < -0.3 is 34.8 Å². The molecule has 0 aromatic heterocycles. The van der Waals surface area contributed by atoms with Crippen molar-refractivity contribution in [2.24, 2.45) is 5.73 Å². The SMILES string of the molecule is CC1COc2ccccc2N1C(=O)C(Cl)Cl.CCOC(=O)/C(Cl)=C/c1cc(N2C(=O)C3=C(CCCC3)C2=O)ccc1Cl.CCOCN(C(=O)CCl)c1c(C)cccc1CC.CP(=O)(O)CCC(N)C(=O)O. The van der Waals surface area contributed by atoms with E-state index in [0.717, 1.165) is 41.8 Å². The number of hydrogen-bond donors (Lipinski definition) is 3. The molecule has 3 aromatic rings. The van der Waals surface area contributed by atoms with Crippen LogP contribution in [0.4, 0.5) is 17.1 Å². The number of fused-ring (bicyclic) bond motifs is 1. The summed E-state index contributed by atoms with van der Waals surface area (Å²) in [6.07, 6.45) is 5.32. The lowest BCUT2D eigenvalue weighted by molar-refractivity contribution is -0.139. The van der Waals surface area contributed by atoms with E-state index in [1.54, 1.807) is 34.9 Å². The second kappa shape index (κ2) is 29.3. The Labute approximate surface area is 439 Å². The number of rotatable bonds is 15. The van der Waals surface area contributed by atoms with Crippen LogP contribution in [0.1, 0.15) is 76.5 Å². The normalized spacial score (nSPS) is 16.4. The van der Waals surface area contributed by atoms with E-state index in [-0.39, 0.29) is 66.5 Å². The standard InChI is InChI=1S/C19H17Cl2NO4.C14H20ClNO2.C11H11Cl2NO2.C5H12NO4P/c1-2-26-19(25)16(21)10-11-9-12(7-8-15(11)20)22-17(23)13-5-3-4-6-14(13)18(22)24;1-4-12-8-6-7-11(3)14(12)16(10-18-5-2)13(17)9-15;1-7-6-16-9-5-3-2-4-8(9)14(7)11(15)10(12)13;1-11(9,10)3-2-4(6)5(7)8/h7-10H,2-6H2,1H3;6-8H,4-5,9-10H2,1-3H3;2-5,7,10H,6H2,1H3;4H,2-3,6H2,1H3,(H,7,8)(H,9,10)/b16-10-;;;. The van der Waals surface area contributed by atoms with Crippen LogP contribution in [0.15, 0.2) is 76.8 Å². The number of carboxylic acids is 1. The molecule has 1 aliphatic carbocycles. The van der Waals surface area contributed by atoms with Crippen LogP contribution in [0.3, 0.4) is 0 Å². The molecule has 3 unspecified atom stereocenters. The molecule has 3 aromatic carbocycles. The molecule has 0 spiro atoms. The number of benzene rings is 3. The topological polar surface area (TPSA) is 223 Å². The lowest BCUT2D eigenvalue weighted by Crippen LogP contribution is -2.47. The second-order valence-electron chi connectivity index (χ2n) is 16.2. The number of esters is 1. The molecule has 2 aliphatic heterocycles. The van der Waals surface area contributed by atoms with Gasteiger partial charge in [0.25, 0.3) is 17.7 Å². The molecule has 4 amide bonds. The number of aryl methyl sites for hydroxylation is 2. The van der Waals surface area contributed by atoms with E-state index < -0.39 is 30.2 Å². The van der Waals surface area contributed by atoms with E-state index in [2.05, 4.69) is 6.92 Å². The Bertz CT molecular complexity index is 2470. The molecule has 4 N–H and O–H groups in total. The minimum absolute atomic E-state index is 0.0371. The number of carbonyl (C=O) groups is 6. The van der Waals surface area contributed by atoms with Crippen LogP contribution in [0.5, 0.6) is 5.75 Å². The smallest absolute Gasteiger partial charge is 0.349 e. The molecular weight excluding hydrogens is 1040 g/mol. The van der Waals surface area contributed by atoms with Gasteiger partial charge in [-0.05, 0) is 119 Å². The van der Waals surface area contributed by atoms with Crippen LogP contribution in [-0.4, -0.2) is 108 Å². The number of carboxylic acid groups (broad SMARTS) is 1. The van der Waals surface area contributed by atoms with Crippen molar-refractivity contribution in [2.75, 3.05) is 60.0 Å². The minimum atomic E-state index is -3.10. The molecule has 2 heterocycles. The van der Waals surface area contributed by atoms with Crippen molar-refractivity contribution in [3.63, 3.8) is 0 Å². The first-order valence-corrected chi connectivity index (χ1v) is 27.1. The van der Waals surface area contributed by atoms with Crippen molar-refractivity contribution >= 4 is 124 Å². The van der Waals surface area contributed by atoms with Crippen molar-refractivity contribution in [1.82, 2.24) is 0 Å². The molecule has 0 fully saturated rings. The summed E-state index contributed by atoms with van der Waals surface area (Å²) in [5.41, 5.74) is 11.0. The number of nitrogens with two attached hydrogens (primary N) is 1. The maximum absolute atomic E-state index is 12.7. The molecule has 388 valence electrons. The Hall–Kier alpha value is -4.48. The van der Waals surface area contributed by atoms with E-state index in [0.29, 0.717) is 59.2 Å². The van der Waals surface area contributed by atoms with E-state index in [1.165, 1.54) is 17.6 Å². The summed E-state index contributed by atoms with van der Waals surface area (Å²) < 4.78 is 26.4. The van der Waals surface area contributed by atoms with Gasteiger partial charge in [-0.15, -0.1) is 11.6 Å². The molecule has 71 heavy (non-hydrogen) atoms. The second-order valence-corrected chi connectivity index (χ2v) is 20.9. The highest BCUT2D eigenvalue weighted by molar-refractivity contribution is 7.57. The fourth-order valence-corrected chi connectivity index (χ4v) is 8.76. The summed E-state index contributed by atoms with van der Waals surface area (Å²) >= 11 is 29.1. The third-order valence-electron chi connectivity index (χ3n) is 10.8. The highest BCUT2D eigenvalue weighted by Crippen LogP contribution is 2.38. The van der Waals surface area contributed by atoms with Gasteiger partial charge in [0.15, 0.2) is 12.2 Å². The number of halogens is 5. The lowest BCUT2D eigenvalue weighted by Gasteiger charge is -2.35. The number of carbonyl (C=O) groups excluding carboxylic acids is 5. The van der Waals surface area contributed by atoms with Crippen molar-refractivity contribution in [2.45, 2.75) is 90.1 Å². The number of nitrogens with zero attached hydrogens (tertiary/aromatic N) is 3.